The largest absolute Gasteiger partial charge is 0.478 e. The molecule has 5 nitrogen and oxygen atoms in total. The Bertz CT molecular complexity index is 502. The number of nitro groups is 1. The van der Waals surface area contributed by atoms with Crippen LogP contribution in [0.25, 0.3) is 6.08 Å². The van der Waals surface area contributed by atoms with Crippen molar-refractivity contribution >= 4 is 53.2 Å². The minimum absolute atomic E-state index is 0. The van der Waals surface area contributed by atoms with Gasteiger partial charge < -0.3 is 5.11 Å². The van der Waals surface area contributed by atoms with Gasteiger partial charge in [-0.05, 0) is 17.7 Å². The van der Waals surface area contributed by atoms with Gasteiger partial charge in [0.2, 0.25) is 5.70 Å². The van der Waals surface area contributed by atoms with Gasteiger partial charge in [0, 0.05) is 47.1 Å². The molecule has 1 radical (unpaired) electrons. The second-order valence-corrected chi connectivity index (χ2v) is 3.69. The van der Waals surface area contributed by atoms with Crippen molar-refractivity contribution in [2.75, 3.05) is 0 Å². The van der Waals surface area contributed by atoms with Crippen LogP contribution in [0.15, 0.2) is 23.9 Å². The summed E-state index contributed by atoms with van der Waals surface area (Å²) >= 11 is 5.85. The average Bonchev–Trinajstić information content (AvgIpc) is 2.26. The van der Waals surface area contributed by atoms with Gasteiger partial charge in [0.1, 0.15) is 0 Å². The maximum absolute atomic E-state index is 10.7. The minimum atomic E-state index is -1.09. The molecule has 1 aromatic carbocycles. The fourth-order valence-electron chi connectivity index (χ4n) is 1.24. The summed E-state index contributed by atoms with van der Waals surface area (Å²) in [6.45, 7) is 1.66. The molecular weight excluding hydrogens is 269 g/mol. The topological polar surface area (TPSA) is 80.4 Å². The third-order valence-electron chi connectivity index (χ3n) is 2.17. The number of carboxylic acids is 1. The molecule has 0 aromatic heterocycles. The number of hydrogen-bond donors (Lipinski definition) is 1. The number of allylic oxidation sites excluding steroid dienone is 1. The van der Waals surface area contributed by atoms with Gasteiger partial charge in [-0.2, -0.15) is 0 Å². The van der Waals surface area contributed by atoms with Crippen LogP contribution < -0.4 is 0 Å². The number of rotatable bonds is 4. The van der Waals surface area contributed by atoms with E-state index in [-0.39, 0.29) is 52.3 Å². The van der Waals surface area contributed by atoms with Crippen molar-refractivity contribution in [3.8, 4) is 0 Å². The number of carboxylic acid groups (broad SMARTS) is 1. The Morgan fingerprint density at radius 1 is 1.56 bits per heavy atom. The number of hydrogen-bond acceptors (Lipinski definition) is 3. The molecule has 0 amide bonds. The molecule has 0 aliphatic heterocycles. The van der Waals surface area contributed by atoms with Gasteiger partial charge in [-0.1, -0.05) is 24.6 Å². The van der Waals surface area contributed by atoms with E-state index >= 15 is 0 Å². The zero-order chi connectivity index (χ0) is 13.0. The second-order valence-electron chi connectivity index (χ2n) is 3.29. The average molecular weight is 279 g/mol. The molecule has 18 heavy (non-hydrogen) atoms. The van der Waals surface area contributed by atoms with Crippen molar-refractivity contribution < 1.29 is 14.8 Å². The van der Waals surface area contributed by atoms with Gasteiger partial charge >= 0.3 is 5.97 Å². The van der Waals surface area contributed by atoms with Crippen LogP contribution in [0.5, 0.6) is 0 Å². The van der Waals surface area contributed by atoms with Crippen LogP contribution in [0, 0.1) is 10.1 Å². The first-order chi connectivity index (χ1) is 7.95. The van der Waals surface area contributed by atoms with E-state index in [1.165, 1.54) is 24.3 Å². The maximum Gasteiger partial charge on any atom is 0.335 e. The predicted octanol–water partition coefficient (Wildman–Crippen LogP) is 2.69. The summed E-state index contributed by atoms with van der Waals surface area (Å²) in [5, 5.41) is 19.5. The van der Waals surface area contributed by atoms with Crippen LogP contribution in [-0.4, -0.2) is 45.6 Å². The molecule has 1 aromatic rings. The first-order valence-electron chi connectivity index (χ1n) is 4.83. The van der Waals surface area contributed by atoms with E-state index in [0.717, 1.165) is 0 Å². The van der Waals surface area contributed by atoms with Gasteiger partial charge in [0.05, 0.1) is 10.5 Å². The third-order valence-corrected chi connectivity index (χ3v) is 2.49. The van der Waals surface area contributed by atoms with Gasteiger partial charge in [0.15, 0.2) is 0 Å². The molecule has 0 bridgehead atoms. The fourth-order valence-corrected chi connectivity index (χ4v) is 1.48. The maximum atomic E-state index is 10.7. The number of halogens is 1. The molecule has 91 valence electrons. The molecule has 0 unspecified atom stereocenters. The summed E-state index contributed by atoms with van der Waals surface area (Å²) in [6, 6.07) is 4.07. The number of aromatic carboxylic acids is 1. The van der Waals surface area contributed by atoms with E-state index in [1.807, 2.05) is 0 Å². The summed E-state index contributed by atoms with van der Waals surface area (Å²) in [6.07, 6.45) is 1.61. The van der Waals surface area contributed by atoms with Gasteiger partial charge in [-0.15, -0.1) is 0 Å². The molecule has 7 heteroatoms. The van der Waals surface area contributed by atoms with Crippen molar-refractivity contribution in [3.05, 3.63) is 50.2 Å². The monoisotopic (exact) mass is 278 g/mol. The van der Waals surface area contributed by atoms with E-state index < -0.39 is 10.9 Å². The first kappa shape index (κ1) is 17.1. The third kappa shape index (κ3) is 4.42. The molecule has 0 saturated carbocycles. The summed E-state index contributed by atoms with van der Waals surface area (Å²) in [4.78, 5) is 20.8. The molecular formula is C11H10ClNNaO4. The quantitative estimate of drug-likeness (QED) is 0.521. The Morgan fingerprint density at radius 2 is 2.17 bits per heavy atom. The van der Waals surface area contributed by atoms with Crippen molar-refractivity contribution in [1.82, 2.24) is 0 Å². The smallest absolute Gasteiger partial charge is 0.335 e. The Hall–Kier alpha value is -0.880. The van der Waals surface area contributed by atoms with Crippen LogP contribution in [0.4, 0.5) is 0 Å². The summed E-state index contributed by atoms with van der Waals surface area (Å²) in [5.41, 5.74) is 0.506. The van der Waals surface area contributed by atoms with Gasteiger partial charge in [-0.3, -0.25) is 10.1 Å². The molecule has 1 rings (SSSR count). The summed E-state index contributed by atoms with van der Waals surface area (Å²) in [7, 11) is 0. The Labute approximate surface area is 131 Å². The normalized spacial score (nSPS) is 10.7. The zero-order valence-corrected chi connectivity index (χ0v) is 12.8. The Morgan fingerprint density at radius 3 is 2.56 bits per heavy atom. The second kappa shape index (κ2) is 7.53. The van der Waals surface area contributed by atoms with Crippen molar-refractivity contribution in [2.24, 2.45) is 0 Å². The van der Waals surface area contributed by atoms with Crippen LogP contribution in [0.3, 0.4) is 0 Å². The standard InChI is InChI=1S/C11H10ClNO4.Na/c1-2-9(13(16)17)5-7-3-4-8(11(14)15)6-10(7)12;/h3-6H,2H2,1H3,(H,14,15);. The molecule has 0 aliphatic rings. The molecule has 0 aliphatic carbocycles. The summed E-state index contributed by atoms with van der Waals surface area (Å²) in [5.74, 6) is -1.09. The number of benzene rings is 1. The SMILES string of the molecule is CCC(=Cc1ccc(C(=O)O)cc1Cl)[N+](=O)[O-].[Na]. The van der Waals surface area contributed by atoms with E-state index in [2.05, 4.69) is 0 Å². The van der Waals surface area contributed by atoms with Gasteiger partial charge in [-0.25, -0.2) is 4.79 Å². The summed E-state index contributed by atoms with van der Waals surface area (Å²) < 4.78 is 0. The van der Waals surface area contributed by atoms with Crippen LogP contribution in [0.1, 0.15) is 29.3 Å². The van der Waals surface area contributed by atoms with E-state index in [0.29, 0.717) is 5.56 Å². The molecule has 0 atom stereocenters. The van der Waals surface area contributed by atoms with Crippen LogP contribution in [-0.2, 0) is 0 Å². The van der Waals surface area contributed by atoms with Gasteiger partial charge in [0.25, 0.3) is 0 Å². The molecule has 0 fully saturated rings. The molecule has 0 heterocycles. The van der Waals surface area contributed by atoms with E-state index in [1.54, 1.807) is 6.92 Å². The molecule has 1 N–H and O–H groups in total. The minimum Gasteiger partial charge on any atom is -0.478 e. The number of carbonyl (C=O) groups is 1. The van der Waals surface area contributed by atoms with Crippen molar-refractivity contribution in [3.63, 3.8) is 0 Å². The Kier molecular flexibility index (Phi) is 7.16. The fraction of sp³-hybridized carbons (Fsp3) is 0.182. The predicted molar refractivity (Wildman–Crippen MR) is 69.4 cm³/mol. The van der Waals surface area contributed by atoms with Crippen LogP contribution >= 0.6 is 11.6 Å². The Balaban J connectivity index is 0.00000289. The van der Waals surface area contributed by atoms with E-state index in [4.69, 9.17) is 16.7 Å². The van der Waals surface area contributed by atoms with E-state index in [9.17, 15) is 14.9 Å². The van der Waals surface area contributed by atoms with Crippen LogP contribution in [0.2, 0.25) is 5.02 Å². The molecule has 0 saturated heterocycles. The van der Waals surface area contributed by atoms with Crippen molar-refractivity contribution in [2.45, 2.75) is 13.3 Å². The molecule has 0 spiro atoms. The zero-order valence-electron chi connectivity index (χ0n) is 10.0. The first-order valence-corrected chi connectivity index (χ1v) is 5.21. The van der Waals surface area contributed by atoms with Crippen molar-refractivity contribution in [1.29, 1.82) is 0 Å². The number of nitrogens with zero attached hydrogens (tertiary/aromatic N) is 1.